The zero-order valence-electron chi connectivity index (χ0n) is 8.01. The van der Waals surface area contributed by atoms with Gasteiger partial charge in [0.1, 0.15) is 0 Å². The molecule has 0 bridgehead atoms. The average molecular weight is 244 g/mol. The number of halogens is 1. The highest BCUT2D eigenvalue weighted by Gasteiger charge is 2.00. The Kier molecular flexibility index (Phi) is 3.72. The minimum atomic E-state index is 0.0686. The maximum atomic E-state index is 11.5. The molecule has 0 aliphatic heterocycles. The highest BCUT2D eigenvalue weighted by atomic mass is 79.9. The molecule has 0 spiro atoms. The van der Waals surface area contributed by atoms with Crippen LogP contribution in [-0.4, -0.2) is 4.57 Å². The Morgan fingerprint density at radius 1 is 1.54 bits per heavy atom. The summed E-state index contributed by atoms with van der Waals surface area (Å²) in [5.74, 6) is 0. The van der Waals surface area contributed by atoms with E-state index in [9.17, 15) is 4.79 Å². The highest BCUT2D eigenvalue weighted by molar-refractivity contribution is 9.10. The third kappa shape index (κ3) is 2.69. The van der Waals surface area contributed by atoms with Crippen molar-refractivity contribution in [2.45, 2.75) is 33.2 Å². The normalized spacial score (nSPS) is 10.4. The minimum Gasteiger partial charge on any atom is -0.314 e. The summed E-state index contributed by atoms with van der Waals surface area (Å²) in [6.45, 7) is 4.93. The fraction of sp³-hybridized carbons (Fsp3) is 0.500. The molecule has 0 unspecified atom stereocenters. The Hall–Kier alpha value is -0.570. The van der Waals surface area contributed by atoms with E-state index in [4.69, 9.17) is 0 Å². The molecule has 0 atom stereocenters. The SMILES string of the molecule is CCCCn1cc(C)cc(Br)c1=O. The number of rotatable bonds is 3. The molecule has 0 aliphatic carbocycles. The summed E-state index contributed by atoms with van der Waals surface area (Å²) in [4.78, 5) is 11.5. The minimum absolute atomic E-state index is 0.0686. The third-order valence-corrected chi connectivity index (χ3v) is 2.50. The number of hydrogen-bond acceptors (Lipinski definition) is 1. The molecule has 0 fully saturated rings. The Morgan fingerprint density at radius 3 is 2.85 bits per heavy atom. The van der Waals surface area contributed by atoms with Crippen molar-refractivity contribution in [3.05, 3.63) is 32.7 Å². The van der Waals surface area contributed by atoms with Crippen molar-refractivity contribution in [2.24, 2.45) is 0 Å². The summed E-state index contributed by atoms with van der Waals surface area (Å²) in [7, 11) is 0. The van der Waals surface area contributed by atoms with E-state index in [0.29, 0.717) is 4.47 Å². The van der Waals surface area contributed by atoms with Gasteiger partial charge in [-0.3, -0.25) is 4.79 Å². The molecular formula is C10H14BrNO. The molecule has 0 saturated heterocycles. The second-order valence-electron chi connectivity index (χ2n) is 3.22. The van der Waals surface area contributed by atoms with E-state index in [1.807, 2.05) is 19.2 Å². The van der Waals surface area contributed by atoms with Crippen molar-refractivity contribution in [2.75, 3.05) is 0 Å². The molecule has 72 valence electrons. The second kappa shape index (κ2) is 4.61. The van der Waals surface area contributed by atoms with Crippen LogP contribution in [0.15, 0.2) is 21.5 Å². The topological polar surface area (TPSA) is 22.0 Å². The molecule has 2 nitrogen and oxygen atoms in total. The largest absolute Gasteiger partial charge is 0.314 e. The van der Waals surface area contributed by atoms with Gasteiger partial charge in [0.05, 0.1) is 4.47 Å². The van der Waals surface area contributed by atoms with Crippen molar-refractivity contribution >= 4 is 15.9 Å². The first-order valence-corrected chi connectivity index (χ1v) is 5.31. The Balaban J connectivity index is 2.99. The van der Waals surface area contributed by atoms with E-state index >= 15 is 0 Å². The maximum Gasteiger partial charge on any atom is 0.264 e. The van der Waals surface area contributed by atoms with Gasteiger partial charge in [-0.05, 0) is 40.9 Å². The fourth-order valence-electron chi connectivity index (χ4n) is 1.24. The Morgan fingerprint density at radius 2 is 2.23 bits per heavy atom. The number of pyridine rings is 1. The van der Waals surface area contributed by atoms with E-state index in [1.165, 1.54) is 0 Å². The zero-order chi connectivity index (χ0) is 9.84. The summed E-state index contributed by atoms with van der Waals surface area (Å²) in [6, 6.07) is 1.85. The van der Waals surface area contributed by atoms with Crippen LogP contribution in [0.3, 0.4) is 0 Å². The van der Waals surface area contributed by atoms with Gasteiger partial charge in [0.2, 0.25) is 0 Å². The lowest BCUT2D eigenvalue weighted by Crippen LogP contribution is -2.20. The van der Waals surface area contributed by atoms with Crippen molar-refractivity contribution in [1.29, 1.82) is 0 Å². The summed E-state index contributed by atoms with van der Waals surface area (Å²) in [5, 5.41) is 0. The third-order valence-electron chi connectivity index (χ3n) is 1.93. The van der Waals surface area contributed by atoms with E-state index in [0.717, 1.165) is 24.9 Å². The monoisotopic (exact) mass is 243 g/mol. The van der Waals surface area contributed by atoms with Gasteiger partial charge in [0.25, 0.3) is 5.56 Å². The molecular weight excluding hydrogens is 230 g/mol. The van der Waals surface area contributed by atoms with Gasteiger partial charge in [0.15, 0.2) is 0 Å². The molecule has 0 aliphatic rings. The number of unbranched alkanes of at least 4 members (excludes halogenated alkanes) is 1. The van der Waals surface area contributed by atoms with Gasteiger partial charge in [0, 0.05) is 12.7 Å². The molecule has 3 heteroatoms. The lowest BCUT2D eigenvalue weighted by molar-refractivity contribution is 0.609. The maximum absolute atomic E-state index is 11.5. The molecule has 0 amide bonds. The Labute approximate surface area is 86.7 Å². The molecule has 1 aromatic heterocycles. The molecule has 0 saturated carbocycles. The van der Waals surface area contributed by atoms with Crippen molar-refractivity contribution < 1.29 is 0 Å². The molecule has 1 aromatic rings. The first-order chi connectivity index (χ1) is 6.15. The van der Waals surface area contributed by atoms with Crippen LogP contribution < -0.4 is 5.56 Å². The summed E-state index contributed by atoms with van der Waals surface area (Å²) in [5.41, 5.74) is 1.18. The van der Waals surface area contributed by atoms with Crippen LogP contribution in [0.5, 0.6) is 0 Å². The molecule has 0 aromatic carbocycles. The number of aryl methyl sites for hydroxylation is 2. The van der Waals surface area contributed by atoms with Crippen LogP contribution in [0.25, 0.3) is 0 Å². The number of nitrogens with zero attached hydrogens (tertiary/aromatic N) is 1. The number of hydrogen-bond donors (Lipinski definition) is 0. The highest BCUT2D eigenvalue weighted by Crippen LogP contribution is 2.06. The summed E-state index contributed by atoms with van der Waals surface area (Å²) in [6.07, 6.45) is 4.07. The molecule has 13 heavy (non-hydrogen) atoms. The summed E-state index contributed by atoms with van der Waals surface area (Å²) >= 11 is 3.26. The summed E-state index contributed by atoms with van der Waals surface area (Å²) < 4.78 is 2.42. The van der Waals surface area contributed by atoms with E-state index in [1.54, 1.807) is 4.57 Å². The number of aromatic nitrogens is 1. The van der Waals surface area contributed by atoms with Crippen LogP contribution in [0.1, 0.15) is 25.3 Å². The van der Waals surface area contributed by atoms with Gasteiger partial charge in [-0.15, -0.1) is 0 Å². The van der Waals surface area contributed by atoms with Crippen LogP contribution in [0, 0.1) is 6.92 Å². The van der Waals surface area contributed by atoms with Crippen molar-refractivity contribution in [3.8, 4) is 0 Å². The lowest BCUT2D eigenvalue weighted by Gasteiger charge is -2.06. The van der Waals surface area contributed by atoms with E-state index in [2.05, 4.69) is 22.9 Å². The van der Waals surface area contributed by atoms with Crippen LogP contribution >= 0.6 is 15.9 Å². The second-order valence-corrected chi connectivity index (χ2v) is 4.07. The Bertz CT molecular complexity index is 343. The quantitative estimate of drug-likeness (QED) is 0.801. The van der Waals surface area contributed by atoms with Gasteiger partial charge >= 0.3 is 0 Å². The van der Waals surface area contributed by atoms with Gasteiger partial charge in [-0.1, -0.05) is 13.3 Å². The zero-order valence-corrected chi connectivity index (χ0v) is 9.60. The van der Waals surface area contributed by atoms with Crippen LogP contribution in [0.2, 0.25) is 0 Å². The fourth-order valence-corrected chi connectivity index (χ4v) is 1.82. The lowest BCUT2D eigenvalue weighted by atomic mass is 10.3. The van der Waals surface area contributed by atoms with Crippen molar-refractivity contribution in [1.82, 2.24) is 4.57 Å². The smallest absolute Gasteiger partial charge is 0.264 e. The molecule has 0 radical (unpaired) electrons. The first kappa shape index (κ1) is 10.5. The standard InChI is InChI=1S/C10H14BrNO/c1-3-4-5-12-7-8(2)6-9(11)10(12)13/h6-7H,3-5H2,1-2H3. The van der Waals surface area contributed by atoms with Gasteiger partial charge < -0.3 is 4.57 Å². The van der Waals surface area contributed by atoms with Crippen LogP contribution in [-0.2, 0) is 6.54 Å². The van der Waals surface area contributed by atoms with Crippen molar-refractivity contribution in [3.63, 3.8) is 0 Å². The van der Waals surface area contributed by atoms with Crippen LogP contribution in [0.4, 0.5) is 0 Å². The first-order valence-electron chi connectivity index (χ1n) is 4.51. The molecule has 1 heterocycles. The molecule has 0 N–H and O–H groups in total. The molecule has 1 rings (SSSR count). The van der Waals surface area contributed by atoms with Gasteiger partial charge in [-0.2, -0.15) is 0 Å². The average Bonchev–Trinajstić information content (AvgIpc) is 2.09. The van der Waals surface area contributed by atoms with E-state index in [-0.39, 0.29) is 5.56 Å². The van der Waals surface area contributed by atoms with E-state index < -0.39 is 0 Å². The van der Waals surface area contributed by atoms with Gasteiger partial charge in [-0.25, -0.2) is 0 Å². The predicted molar refractivity (Wildman–Crippen MR) is 58.0 cm³/mol. The predicted octanol–water partition coefficient (Wildman–Crippen LogP) is 2.72.